The minimum atomic E-state index is -0.332. The van der Waals surface area contributed by atoms with Crippen molar-refractivity contribution in [1.82, 2.24) is 5.32 Å². The summed E-state index contributed by atoms with van der Waals surface area (Å²) in [7, 11) is 0. The minimum Gasteiger partial charge on any atom is -0.494 e. The Morgan fingerprint density at radius 3 is 2.61 bits per heavy atom. The van der Waals surface area contributed by atoms with Gasteiger partial charge in [0.2, 0.25) is 5.96 Å². The summed E-state index contributed by atoms with van der Waals surface area (Å²) in [4.78, 5) is 17.1. The summed E-state index contributed by atoms with van der Waals surface area (Å²) in [6.07, 6.45) is 2.01. The largest absolute Gasteiger partial charge is 0.494 e. The van der Waals surface area contributed by atoms with E-state index in [1.165, 1.54) is 12.1 Å². The molecule has 1 aliphatic heterocycles. The number of carbonyl (C=O) groups excluding carboxylic acids is 1. The monoisotopic (exact) mass is 385 g/mol. The lowest BCUT2D eigenvalue weighted by atomic mass is 10.2. The zero-order valence-electron chi connectivity index (χ0n) is 15.8. The zero-order valence-corrected chi connectivity index (χ0v) is 15.8. The number of nitrogens with zero attached hydrogens (tertiary/aromatic N) is 1. The van der Waals surface area contributed by atoms with E-state index in [-0.39, 0.29) is 17.8 Å². The van der Waals surface area contributed by atoms with Crippen LogP contribution < -0.4 is 15.4 Å². The van der Waals surface area contributed by atoms with E-state index in [1.807, 2.05) is 6.92 Å². The van der Waals surface area contributed by atoms with Gasteiger partial charge in [-0.15, -0.1) is 0 Å². The van der Waals surface area contributed by atoms with E-state index < -0.39 is 0 Å². The van der Waals surface area contributed by atoms with E-state index >= 15 is 0 Å². The van der Waals surface area contributed by atoms with Crippen molar-refractivity contribution in [2.24, 2.45) is 4.99 Å². The molecule has 1 heterocycles. The number of hydrogen-bond acceptors (Lipinski definition) is 4. The molecule has 0 aliphatic carbocycles. The Morgan fingerprint density at radius 1 is 1.21 bits per heavy atom. The molecule has 0 radical (unpaired) electrons. The second-order valence-corrected chi connectivity index (χ2v) is 6.37. The minimum absolute atomic E-state index is 0.0485. The highest BCUT2D eigenvalue weighted by Crippen LogP contribution is 2.14. The van der Waals surface area contributed by atoms with Gasteiger partial charge >= 0.3 is 0 Å². The van der Waals surface area contributed by atoms with Crippen LogP contribution >= 0.6 is 0 Å². The molecule has 0 unspecified atom stereocenters. The summed E-state index contributed by atoms with van der Waals surface area (Å²) < 4.78 is 24.1. The number of hydrogen-bond donors (Lipinski definition) is 2. The van der Waals surface area contributed by atoms with Crippen LogP contribution in [-0.4, -0.2) is 37.7 Å². The van der Waals surface area contributed by atoms with Crippen LogP contribution in [0.1, 0.15) is 30.1 Å². The standard InChI is InChI=1S/C21H24FN3O3/c1-2-27-18-11-5-15(6-12-18)20(26)25-21(23-14-19-4-3-13-28-19)24-17-9-7-16(22)8-10-17/h5-12,19H,2-4,13-14H2,1H3,(H2,23,24,25,26)/t19-/m0/s1. The number of carbonyl (C=O) groups is 1. The molecule has 1 fully saturated rings. The van der Waals surface area contributed by atoms with Crippen molar-refractivity contribution in [1.29, 1.82) is 0 Å². The molecule has 1 atom stereocenters. The molecule has 0 aromatic heterocycles. The zero-order chi connectivity index (χ0) is 19.8. The van der Waals surface area contributed by atoms with Crippen molar-refractivity contribution in [3.05, 3.63) is 59.9 Å². The molecule has 0 saturated carbocycles. The summed E-state index contributed by atoms with van der Waals surface area (Å²) in [5.74, 6) is 0.363. The first-order valence-electron chi connectivity index (χ1n) is 9.37. The maximum Gasteiger partial charge on any atom is 0.257 e. The molecule has 1 amide bonds. The fourth-order valence-electron chi connectivity index (χ4n) is 2.81. The van der Waals surface area contributed by atoms with Gasteiger partial charge in [0.15, 0.2) is 0 Å². The maximum absolute atomic E-state index is 13.1. The van der Waals surface area contributed by atoms with E-state index in [2.05, 4.69) is 15.6 Å². The van der Waals surface area contributed by atoms with Crippen LogP contribution in [0.25, 0.3) is 0 Å². The van der Waals surface area contributed by atoms with E-state index in [1.54, 1.807) is 36.4 Å². The number of guanidine groups is 1. The van der Waals surface area contributed by atoms with Gasteiger partial charge in [-0.1, -0.05) is 0 Å². The van der Waals surface area contributed by atoms with Crippen LogP contribution in [0, 0.1) is 5.82 Å². The van der Waals surface area contributed by atoms with Crippen LogP contribution in [0.15, 0.2) is 53.5 Å². The Morgan fingerprint density at radius 2 is 1.96 bits per heavy atom. The van der Waals surface area contributed by atoms with Gasteiger partial charge in [-0.3, -0.25) is 10.1 Å². The second-order valence-electron chi connectivity index (χ2n) is 6.37. The molecule has 0 spiro atoms. The predicted molar refractivity (Wildman–Crippen MR) is 106 cm³/mol. The normalized spacial score (nSPS) is 16.6. The average molecular weight is 385 g/mol. The van der Waals surface area contributed by atoms with Crippen LogP contribution in [0.2, 0.25) is 0 Å². The van der Waals surface area contributed by atoms with Crippen molar-refractivity contribution in [2.75, 3.05) is 25.1 Å². The molecular formula is C21H24FN3O3. The fourth-order valence-corrected chi connectivity index (χ4v) is 2.81. The third kappa shape index (κ3) is 5.79. The molecule has 7 heteroatoms. The highest BCUT2D eigenvalue weighted by molar-refractivity contribution is 6.10. The summed E-state index contributed by atoms with van der Waals surface area (Å²) in [6, 6.07) is 12.7. The first-order valence-corrected chi connectivity index (χ1v) is 9.37. The van der Waals surface area contributed by atoms with Gasteiger partial charge in [0, 0.05) is 17.9 Å². The number of nitrogens with one attached hydrogen (secondary N) is 2. The van der Waals surface area contributed by atoms with Crippen molar-refractivity contribution in [3.63, 3.8) is 0 Å². The highest BCUT2D eigenvalue weighted by Gasteiger charge is 2.16. The van der Waals surface area contributed by atoms with E-state index in [0.717, 1.165) is 19.4 Å². The lowest BCUT2D eigenvalue weighted by Gasteiger charge is -2.13. The van der Waals surface area contributed by atoms with Crippen molar-refractivity contribution < 1.29 is 18.7 Å². The van der Waals surface area contributed by atoms with E-state index in [9.17, 15) is 9.18 Å². The smallest absolute Gasteiger partial charge is 0.257 e. The van der Waals surface area contributed by atoms with E-state index in [0.29, 0.717) is 36.1 Å². The summed E-state index contributed by atoms with van der Waals surface area (Å²) in [6.45, 7) is 3.64. The SMILES string of the molecule is CCOc1ccc(C(=O)NC(=NC[C@@H]2CCCO2)Nc2ccc(F)cc2)cc1. The molecule has 2 aromatic rings. The number of aliphatic imine (C=N–C) groups is 1. The predicted octanol–water partition coefficient (Wildman–Crippen LogP) is 3.60. The third-order valence-electron chi connectivity index (χ3n) is 4.24. The molecule has 6 nitrogen and oxygen atoms in total. The number of amides is 1. The van der Waals surface area contributed by atoms with Gasteiger partial charge in [0.05, 0.1) is 19.3 Å². The van der Waals surface area contributed by atoms with Gasteiger partial charge in [-0.25, -0.2) is 9.38 Å². The quantitative estimate of drug-likeness (QED) is 0.589. The third-order valence-corrected chi connectivity index (χ3v) is 4.24. The maximum atomic E-state index is 13.1. The molecule has 1 aliphatic rings. The average Bonchev–Trinajstić information content (AvgIpc) is 3.22. The van der Waals surface area contributed by atoms with Crippen LogP contribution in [0.4, 0.5) is 10.1 Å². The summed E-state index contributed by atoms with van der Waals surface area (Å²) >= 11 is 0. The Hall–Kier alpha value is -2.93. The van der Waals surface area contributed by atoms with Gasteiger partial charge < -0.3 is 14.8 Å². The Kier molecular flexibility index (Phi) is 6.97. The van der Waals surface area contributed by atoms with Gasteiger partial charge in [-0.05, 0) is 68.3 Å². The first kappa shape index (κ1) is 19.8. The topological polar surface area (TPSA) is 72.0 Å². The van der Waals surface area contributed by atoms with Crippen LogP contribution in [0.5, 0.6) is 5.75 Å². The van der Waals surface area contributed by atoms with Crippen molar-refractivity contribution >= 4 is 17.6 Å². The van der Waals surface area contributed by atoms with E-state index in [4.69, 9.17) is 9.47 Å². The molecule has 148 valence electrons. The molecule has 3 rings (SSSR count). The number of rotatable bonds is 6. The summed E-state index contributed by atoms with van der Waals surface area (Å²) in [5.41, 5.74) is 1.11. The number of ether oxygens (including phenoxy) is 2. The van der Waals surface area contributed by atoms with Gasteiger partial charge in [0.25, 0.3) is 5.91 Å². The van der Waals surface area contributed by atoms with Crippen molar-refractivity contribution in [3.8, 4) is 5.75 Å². The highest BCUT2D eigenvalue weighted by atomic mass is 19.1. The van der Waals surface area contributed by atoms with Gasteiger partial charge in [-0.2, -0.15) is 0 Å². The summed E-state index contributed by atoms with van der Waals surface area (Å²) in [5, 5.41) is 5.82. The number of halogens is 1. The molecule has 28 heavy (non-hydrogen) atoms. The molecule has 2 N–H and O–H groups in total. The second kappa shape index (κ2) is 9.85. The molecular weight excluding hydrogens is 361 g/mol. The Labute approximate surface area is 163 Å². The van der Waals surface area contributed by atoms with Gasteiger partial charge in [0.1, 0.15) is 11.6 Å². The molecule has 2 aromatic carbocycles. The number of anilines is 1. The first-order chi connectivity index (χ1) is 13.6. The van der Waals surface area contributed by atoms with Crippen LogP contribution in [-0.2, 0) is 4.74 Å². The number of benzene rings is 2. The lowest BCUT2D eigenvalue weighted by molar-refractivity contribution is 0.0975. The lowest BCUT2D eigenvalue weighted by Crippen LogP contribution is -2.36. The van der Waals surface area contributed by atoms with Crippen LogP contribution in [0.3, 0.4) is 0 Å². The molecule has 1 saturated heterocycles. The fraction of sp³-hybridized carbons (Fsp3) is 0.333. The Balaban J connectivity index is 1.70. The Bertz CT molecular complexity index is 801. The molecule has 0 bridgehead atoms. The van der Waals surface area contributed by atoms with Crippen molar-refractivity contribution in [2.45, 2.75) is 25.9 Å².